The number of ether oxygens (including phenoxy) is 3. The van der Waals surface area contributed by atoms with Crippen LogP contribution in [0.5, 0.6) is 0 Å². The molecule has 124 valence electrons. The van der Waals surface area contributed by atoms with Crippen LogP contribution in [0.25, 0.3) is 0 Å². The minimum absolute atomic E-state index is 0.0923. The average molecular weight is 318 g/mol. The van der Waals surface area contributed by atoms with Crippen LogP contribution < -0.4 is 0 Å². The molecule has 0 spiro atoms. The van der Waals surface area contributed by atoms with Crippen LogP contribution in [0.2, 0.25) is 18.1 Å². The van der Waals surface area contributed by atoms with Gasteiger partial charge < -0.3 is 18.6 Å². The fraction of sp³-hybridized carbons (Fsp3) is 0.933. The molecule has 1 fully saturated rings. The highest BCUT2D eigenvalue weighted by molar-refractivity contribution is 6.74. The SMILES string of the molecule is COC(=O)[C@H](CO[Si](C)(C)C(C)(C)C)OC1CCCCO1. The van der Waals surface area contributed by atoms with Crippen LogP contribution >= 0.6 is 0 Å². The Morgan fingerprint density at radius 1 is 1.33 bits per heavy atom. The molecule has 0 aliphatic carbocycles. The van der Waals surface area contributed by atoms with Gasteiger partial charge in [0.1, 0.15) is 0 Å². The molecule has 0 bridgehead atoms. The summed E-state index contributed by atoms with van der Waals surface area (Å²) in [6.45, 7) is 11.7. The molecule has 0 aromatic carbocycles. The van der Waals surface area contributed by atoms with Crippen molar-refractivity contribution in [1.29, 1.82) is 0 Å². The maximum absolute atomic E-state index is 11.9. The van der Waals surface area contributed by atoms with Crippen LogP contribution in [-0.2, 0) is 23.4 Å². The molecule has 0 aromatic heterocycles. The normalized spacial score (nSPS) is 21.9. The molecule has 2 atom stereocenters. The van der Waals surface area contributed by atoms with Crippen LogP contribution in [0.1, 0.15) is 40.0 Å². The van der Waals surface area contributed by atoms with Gasteiger partial charge in [-0.05, 0) is 37.4 Å². The van der Waals surface area contributed by atoms with E-state index in [0.29, 0.717) is 6.61 Å². The molecule has 0 N–H and O–H groups in total. The summed E-state index contributed by atoms with van der Waals surface area (Å²) in [6.07, 6.45) is 1.87. The molecule has 6 heteroatoms. The second-order valence-electron chi connectivity index (χ2n) is 7.02. The van der Waals surface area contributed by atoms with Gasteiger partial charge >= 0.3 is 5.97 Å². The average Bonchev–Trinajstić information content (AvgIpc) is 2.42. The summed E-state index contributed by atoms with van der Waals surface area (Å²) in [5, 5.41) is 0.0923. The number of esters is 1. The first kappa shape index (κ1) is 18.6. The summed E-state index contributed by atoms with van der Waals surface area (Å²) in [6, 6.07) is 0. The van der Waals surface area contributed by atoms with Crippen molar-refractivity contribution in [3.05, 3.63) is 0 Å². The van der Waals surface area contributed by atoms with E-state index in [0.717, 1.165) is 19.3 Å². The van der Waals surface area contributed by atoms with Crippen LogP contribution in [0, 0.1) is 0 Å². The number of hydrogen-bond acceptors (Lipinski definition) is 5. The van der Waals surface area contributed by atoms with Crippen molar-refractivity contribution in [2.24, 2.45) is 0 Å². The fourth-order valence-electron chi connectivity index (χ4n) is 1.80. The zero-order valence-electron chi connectivity index (χ0n) is 14.2. The van der Waals surface area contributed by atoms with E-state index in [2.05, 4.69) is 33.9 Å². The van der Waals surface area contributed by atoms with Crippen molar-refractivity contribution >= 4 is 14.3 Å². The minimum Gasteiger partial charge on any atom is -0.467 e. The molecule has 1 saturated heterocycles. The highest BCUT2D eigenvalue weighted by atomic mass is 28.4. The summed E-state index contributed by atoms with van der Waals surface area (Å²) >= 11 is 0. The number of carbonyl (C=O) groups is 1. The van der Waals surface area contributed by atoms with Crippen molar-refractivity contribution in [3.63, 3.8) is 0 Å². The van der Waals surface area contributed by atoms with Gasteiger partial charge in [-0.25, -0.2) is 4.79 Å². The Bertz CT molecular complexity index is 331. The Morgan fingerprint density at radius 3 is 2.48 bits per heavy atom. The van der Waals surface area contributed by atoms with E-state index in [-0.39, 0.29) is 17.9 Å². The molecule has 1 rings (SSSR count). The molecule has 1 aliphatic heterocycles. The van der Waals surface area contributed by atoms with Gasteiger partial charge in [-0.3, -0.25) is 0 Å². The van der Waals surface area contributed by atoms with Crippen molar-refractivity contribution in [2.45, 2.75) is 70.6 Å². The number of rotatable bonds is 6. The number of carbonyl (C=O) groups excluding carboxylic acids is 1. The van der Waals surface area contributed by atoms with Gasteiger partial charge in [0.2, 0.25) is 0 Å². The third-order valence-corrected chi connectivity index (χ3v) is 8.82. The summed E-state index contributed by atoms with van der Waals surface area (Å²) in [7, 11) is -0.553. The van der Waals surface area contributed by atoms with Crippen LogP contribution in [0.4, 0.5) is 0 Å². The molecule has 0 aromatic rings. The maximum atomic E-state index is 11.9. The van der Waals surface area contributed by atoms with Gasteiger partial charge in [-0.1, -0.05) is 20.8 Å². The molecule has 0 saturated carbocycles. The lowest BCUT2D eigenvalue weighted by Gasteiger charge is -2.37. The predicted octanol–water partition coefficient (Wildman–Crippen LogP) is 3.09. The Kier molecular flexibility index (Phi) is 6.84. The highest BCUT2D eigenvalue weighted by Crippen LogP contribution is 2.36. The lowest BCUT2D eigenvalue weighted by molar-refractivity contribution is -0.206. The van der Waals surface area contributed by atoms with Gasteiger partial charge in [0.15, 0.2) is 20.7 Å². The molecule has 0 radical (unpaired) electrons. The first-order valence-electron chi connectivity index (χ1n) is 7.66. The first-order chi connectivity index (χ1) is 9.67. The standard InChI is InChI=1S/C15H30O5Si/c1-15(2,3)21(5,6)19-11-12(14(16)17-4)20-13-9-7-8-10-18-13/h12-13H,7-11H2,1-6H3/t12-,13?/m0/s1. The molecule has 1 aliphatic rings. The summed E-state index contributed by atoms with van der Waals surface area (Å²) in [5.74, 6) is -0.400. The van der Waals surface area contributed by atoms with Crippen molar-refractivity contribution < 1.29 is 23.4 Å². The number of hydrogen-bond donors (Lipinski definition) is 0. The van der Waals surface area contributed by atoms with Crippen molar-refractivity contribution in [2.75, 3.05) is 20.3 Å². The molecule has 1 heterocycles. The lowest BCUT2D eigenvalue weighted by Crippen LogP contribution is -2.45. The van der Waals surface area contributed by atoms with Gasteiger partial charge in [-0.15, -0.1) is 0 Å². The van der Waals surface area contributed by atoms with E-state index in [9.17, 15) is 4.79 Å². The van der Waals surface area contributed by atoms with E-state index in [1.165, 1.54) is 7.11 Å². The summed E-state index contributed by atoms with van der Waals surface area (Å²) in [4.78, 5) is 11.9. The smallest absolute Gasteiger partial charge is 0.337 e. The minimum atomic E-state index is -1.92. The Balaban J connectivity index is 2.59. The molecular formula is C15H30O5Si. The van der Waals surface area contributed by atoms with Gasteiger partial charge in [0.05, 0.1) is 13.7 Å². The molecule has 0 amide bonds. The summed E-state index contributed by atoms with van der Waals surface area (Å²) in [5.41, 5.74) is 0. The van der Waals surface area contributed by atoms with E-state index >= 15 is 0 Å². The molecule has 1 unspecified atom stereocenters. The molecule has 21 heavy (non-hydrogen) atoms. The Labute approximate surface area is 129 Å². The number of methoxy groups -OCH3 is 1. The zero-order valence-corrected chi connectivity index (χ0v) is 15.2. The van der Waals surface area contributed by atoms with E-state index < -0.39 is 20.4 Å². The van der Waals surface area contributed by atoms with E-state index in [1.807, 2.05) is 0 Å². The van der Waals surface area contributed by atoms with Crippen molar-refractivity contribution in [3.8, 4) is 0 Å². The monoisotopic (exact) mass is 318 g/mol. The fourth-order valence-corrected chi connectivity index (χ4v) is 2.80. The quantitative estimate of drug-likeness (QED) is 0.556. The van der Waals surface area contributed by atoms with Crippen LogP contribution in [-0.4, -0.2) is 47.0 Å². The lowest BCUT2D eigenvalue weighted by atomic mass is 10.2. The first-order valence-corrected chi connectivity index (χ1v) is 10.6. The van der Waals surface area contributed by atoms with Crippen LogP contribution in [0.15, 0.2) is 0 Å². The maximum Gasteiger partial charge on any atom is 0.337 e. The van der Waals surface area contributed by atoms with Gasteiger partial charge in [0.25, 0.3) is 0 Å². The van der Waals surface area contributed by atoms with Gasteiger partial charge in [-0.2, -0.15) is 0 Å². The summed E-state index contributed by atoms with van der Waals surface area (Å²) < 4.78 is 22.2. The second kappa shape index (κ2) is 7.72. The third kappa shape index (κ3) is 5.69. The Hall–Kier alpha value is -0.433. The van der Waals surface area contributed by atoms with Crippen LogP contribution in [0.3, 0.4) is 0 Å². The van der Waals surface area contributed by atoms with E-state index in [4.69, 9.17) is 18.6 Å². The zero-order chi connectivity index (χ0) is 16.1. The topological polar surface area (TPSA) is 54.0 Å². The molecular weight excluding hydrogens is 288 g/mol. The molecule has 5 nitrogen and oxygen atoms in total. The second-order valence-corrected chi connectivity index (χ2v) is 11.8. The van der Waals surface area contributed by atoms with E-state index in [1.54, 1.807) is 0 Å². The Morgan fingerprint density at radius 2 is 2.00 bits per heavy atom. The largest absolute Gasteiger partial charge is 0.467 e. The third-order valence-electron chi connectivity index (χ3n) is 4.32. The van der Waals surface area contributed by atoms with Gasteiger partial charge in [0, 0.05) is 6.61 Å². The predicted molar refractivity (Wildman–Crippen MR) is 83.6 cm³/mol. The highest BCUT2D eigenvalue weighted by Gasteiger charge is 2.39. The van der Waals surface area contributed by atoms with Crippen molar-refractivity contribution in [1.82, 2.24) is 0 Å².